The Labute approximate surface area is 132 Å². The highest BCUT2D eigenvalue weighted by molar-refractivity contribution is 6.30. The van der Waals surface area contributed by atoms with Crippen LogP contribution in [0.3, 0.4) is 0 Å². The van der Waals surface area contributed by atoms with Gasteiger partial charge in [-0.25, -0.2) is 0 Å². The smallest absolute Gasteiger partial charge is 0.144 e. The number of aromatic amines is 1. The molecule has 4 rings (SSSR count). The molecular formula is C17H15ClN2O2. The number of halogens is 1. The van der Waals surface area contributed by atoms with Crippen molar-refractivity contribution in [1.82, 2.24) is 10.2 Å². The third kappa shape index (κ3) is 1.87. The van der Waals surface area contributed by atoms with E-state index in [9.17, 15) is 10.2 Å². The first-order chi connectivity index (χ1) is 10.7. The fourth-order valence-corrected chi connectivity index (χ4v) is 3.51. The normalized spacial score (nSPS) is 14.2. The van der Waals surface area contributed by atoms with Gasteiger partial charge in [0.05, 0.1) is 5.39 Å². The number of fused-ring (bicyclic) bond motifs is 2. The molecule has 0 spiro atoms. The Morgan fingerprint density at radius 3 is 2.50 bits per heavy atom. The number of hydrogen-bond donors (Lipinski definition) is 3. The van der Waals surface area contributed by atoms with E-state index in [-0.39, 0.29) is 11.5 Å². The summed E-state index contributed by atoms with van der Waals surface area (Å²) in [7, 11) is 0. The predicted octanol–water partition coefficient (Wildman–Crippen LogP) is 4.17. The minimum absolute atomic E-state index is 0.211. The highest BCUT2D eigenvalue weighted by Gasteiger charge is 2.25. The Kier molecular flexibility index (Phi) is 3.01. The van der Waals surface area contributed by atoms with Crippen LogP contribution in [-0.4, -0.2) is 20.4 Å². The standard InChI is InChI=1S/C17H15ClN2O2/c18-10-5-3-4-9(8-10)14-13-15(20-19-14)17(22)12-7-2-1-6-11(12)16(13)21/h3-5,8,21-22H,1-2,6-7H2,(H,19,20). The van der Waals surface area contributed by atoms with Gasteiger partial charge in [-0.05, 0) is 37.8 Å². The Hall–Kier alpha value is -2.20. The number of nitrogens with zero attached hydrogens (tertiary/aromatic N) is 1. The SMILES string of the molecule is Oc1c2c(c(O)c3c(-c4cccc(Cl)c4)n[nH]c13)CCCC2. The summed E-state index contributed by atoms with van der Waals surface area (Å²) < 4.78 is 0. The zero-order chi connectivity index (χ0) is 15.3. The molecule has 0 atom stereocenters. The molecule has 5 heteroatoms. The maximum absolute atomic E-state index is 10.7. The summed E-state index contributed by atoms with van der Waals surface area (Å²) in [4.78, 5) is 0. The third-order valence-electron chi connectivity index (χ3n) is 4.38. The Morgan fingerprint density at radius 2 is 1.77 bits per heavy atom. The van der Waals surface area contributed by atoms with E-state index in [2.05, 4.69) is 10.2 Å². The molecule has 22 heavy (non-hydrogen) atoms. The highest BCUT2D eigenvalue weighted by Crippen LogP contribution is 2.45. The monoisotopic (exact) mass is 314 g/mol. The average Bonchev–Trinajstić information content (AvgIpc) is 2.98. The highest BCUT2D eigenvalue weighted by atomic mass is 35.5. The first-order valence-corrected chi connectivity index (χ1v) is 7.74. The molecule has 0 fully saturated rings. The summed E-state index contributed by atoms with van der Waals surface area (Å²) in [5, 5.41) is 29.6. The van der Waals surface area contributed by atoms with Crippen LogP contribution in [0, 0.1) is 0 Å². The molecule has 1 aliphatic rings. The van der Waals surface area contributed by atoms with Crippen LogP contribution in [0.25, 0.3) is 22.2 Å². The molecule has 0 saturated heterocycles. The quantitative estimate of drug-likeness (QED) is 0.590. The van der Waals surface area contributed by atoms with E-state index < -0.39 is 0 Å². The van der Waals surface area contributed by atoms with E-state index in [1.54, 1.807) is 12.1 Å². The molecule has 0 aliphatic heterocycles. The van der Waals surface area contributed by atoms with Crippen LogP contribution < -0.4 is 0 Å². The Bertz CT molecular complexity index is 886. The van der Waals surface area contributed by atoms with E-state index in [4.69, 9.17) is 11.6 Å². The van der Waals surface area contributed by atoms with E-state index in [1.807, 2.05) is 12.1 Å². The van der Waals surface area contributed by atoms with Gasteiger partial charge in [0.25, 0.3) is 0 Å². The van der Waals surface area contributed by atoms with E-state index in [0.29, 0.717) is 21.6 Å². The lowest BCUT2D eigenvalue weighted by Gasteiger charge is -2.19. The number of aromatic hydroxyl groups is 2. The van der Waals surface area contributed by atoms with Crippen molar-refractivity contribution in [3.8, 4) is 22.8 Å². The van der Waals surface area contributed by atoms with Gasteiger partial charge in [-0.1, -0.05) is 23.7 Å². The molecule has 3 aromatic rings. The molecule has 0 bridgehead atoms. The van der Waals surface area contributed by atoms with E-state index in [1.165, 1.54) is 0 Å². The van der Waals surface area contributed by atoms with Crippen LogP contribution in [0.5, 0.6) is 11.5 Å². The maximum Gasteiger partial charge on any atom is 0.144 e. The van der Waals surface area contributed by atoms with Crippen LogP contribution in [0.15, 0.2) is 24.3 Å². The van der Waals surface area contributed by atoms with Crippen molar-refractivity contribution < 1.29 is 10.2 Å². The second kappa shape index (κ2) is 4.92. The van der Waals surface area contributed by atoms with Crippen LogP contribution in [0.2, 0.25) is 5.02 Å². The maximum atomic E-state index is 10.7. The summed E-state index contributed by atoms with van der Waals surface area (Å²) >= 11 is 6.05. The van der Waals surface area contributed by atoms with Crippen LogP contribution in [0.4, 0.5) is 0 Å². The van der Waals surface area contributed by atoms with Crippen molar-refractivity contribution in [2.75, 3.05) is 0 Å². The minimum Gasteiger partial charge on any atom is -0.507 e. The van der Waals surface area contributed by atoms with Gasteiger partial charge < -0.3 is 10.2 Å². The molecule has 0 radical (unpaired) electrons. The molecule has 0 unspecified atom stereocenters. The van der Waals surface area contributed by atoms with Crippen LogP contribution >= 0.6 is 11.6 Å². The lowest BCUT2D eigenvalue weighted by Crippen LogP contribution is -2.03. The second-order valence-corrected chi connectivity index (χ2v) is 6.13. The summed E-state index contributed by atoms with van der Waals surface area (Å²) in [6.07, 6.45) is 3.62. The number of hydrogen-bond acceptors (Lipinski definition) is 3. The summed E-state index contributed by atoms with van der Waals surface area (Å²) in [6, 6.07) is 7.32. The number of rotatable bonds is 1. The predicted molar refractivity (Wildman–Crippen MR) is 86.5 cm³/mol. The van der Waals surface area contributed by atoms with E-state index >= 15 is 0 Å². The number of phenols is 2. The van der Waals surface area contributed by atoms with Gasteiger partial charge >= 0.3 is 0 Å². The zero-order valence-electron chi connectivity index (χ0n) is 11.9. The van der Waals surface area contributed by atoms with Gasteiger partial charge in [-0.2, -0.15) is 5.10 Å². The van der Waals surface area contributed by atoms with Gasteiger partial charge in [-0.3, -0.25) is 5.10 Å². The summed E-state index contributed by atoms with van der Waals surface area (Å²) in [6.45, 7) is 0. The largest absolute Gasteiger partial charge is 0.507 e. The van der Waals surface area contributed by atoms with Gasteiger partial charge in [0.1, 0.15) is 22.7 Å². The first kappa shape index (κ1) is 13.5. The molecule has 112 valence electrons. The zero-order valence-corrected chi connectivity index (χ0v) is 12.6. The molecule has 1 aromatic heterocycles. The molecule has 0 amide bonds. The third-order valence-corrected chi connectivity index (χ3v) is 4.61. The Balaban J connectivity index is 2.05. The molecule has 1 heterocycles. The van der Waals surface area contributed by atoms with Crippen LogP contribution in [0.1, 0.15) is 24.0 Å². The lowest BCUT2D eigenvalue weighted by molar-refractivity contribution is 0.448. The fraction of sp³-hybridized carbons (Fsp3) is 0.235. The van der Waals surface area contributed by atoms with E-state index in [0.717, 1.165) is 42.4 Å². The molecule has 3 N–H and O–H groups in total. The number of H-pyrrole nitrogens is 1. The topological polar surface area (TPSA) is 69.1 Å². The molecule has 0 saturated carbocycles. The average molecular weight is 315 g/mol. The van der Waals surface area contributed by atoms with Gasteiger partial charge in [0, 0.05) is 21.7 Å². The summed E-state index contributed by atoms with van der Waals surface area (Å²) in [5.74, 6) is 0.439. The van der Waals surface area contributed by atoms with Gasteiger partial charge in [-0.15, -0.1) is 0 Å². The molecule has 4 nitrogen and oxygen atoms in total. The van der Waals surface area contributed by atoms with Crippen molar-refractivity contribution in [3.63, 3.8) is 0 Å². The molecule has 1 aliphatic carbocycles. The van der Waals surface area contributed by atoms with Gasteiger partial charge in [0.2, 0.25) is 0 Å². The fourth-order valence-electron chi connectivity index (χ4n) is 3.32. The van der Waals surface area contributed by atoms with Crippen LogP contribution in [-0.2, 0) is 12.8 Å². The number of nitrogens with one attached hydrogen (secondary N) is 1. The van der Waals surface area contributed by atoms with Gasteiger partial charge in [0.15, 0.2) is 0 Å². The number of aromatic nitrogens is 2. The van der Waals surface area contributed by atoms with Crippen molar-refractivity contribution in [3.05, 3.63) is 40.4 Å². The minimum atomic E-state index is 0.211. The number of phenolic OH excluding ortho intramolecular Hbond substituents is 2. The number of benzene rings is 2. The van der Waals surface area contributed by atoms with Crippen molar-refractivity contribution >= 4 is 22.5 Å². The van der Waals surface area contributed by atoms with Crippen molar-refractivity contribution in [2.45, 2.75) is 25.7 Å². The lowest BCUT2D eigenvalue weighted by atomic mass is 9.88. The van der Waals surface area contributed by atoms with Crippen molar-refractivity contribution in [2.24, 2.45) is 0 Å². The summed E-state index contributed by atoms with van der Waals surface area (Å²) in [5.41, 5.74) is 3.61. The van der Waals surface area contributed by atoms with Crippen molar-refractivity contribution in [1.29, 1.82) is 0 Å². The Morgan fingerprint density at radius 1 is 1.05 bits per heavy atom. The first-order valence-electron chi connectivity index (χ1n) is 7.36. The second-order valence-electron chi connectivity index (χ2n) is 5.69. The molecular weight excluding hydrogens is 300 g/mol. The molecule has 2 aromatic carbocycles.